The Bertz CT molecular complexity index is 2260. The Morgan fingerprint density at radius 3 is 2.06 bits per heavy atom. The molecule has 0 saturated heterocycles. The topological polar surface area (TPSA) is 54.0 Å². The van der Waals surface area contributed by atoms with E-state index in [4.69, 9.17) is 15.7 Å². The third-order valence-corrected chi connectivity index (χ3v) is 8.58. The molecule has 4 heteroatoms. The summed E-state index contributed by atoms with van der Waals surface area (Å²) < 4.78 is 0. The van der Waals surface area contributed by atoms with Crippen molar-refractivity contribution in [3.63, 3.8) is 0 Å². The highest BCUT2D eigenvalue weighted by Gasteiger charge is 2.19. The standard InChI is InChI=1S/C45H40N4/c1-5-7-27-47-32(3)44-38-21-15-16-22-39(38)45(33(4)48-28-8-6-2)41-29-35(23-25-40(41)44)36-24-26-43(42(46)30-36)49(37-19-13-10-14-20-37)31-34-17-11-9-12-18-34/h5-30H,2-3,31,46H2,1,4H3/b7-5-,28-8-,47-27?,48-33?. The molecule has 6 aromatic carbocycles. The van der Waals surface area contributed by atoms with Crippen molar-refractivity contribution in [3.8, 4) is 11.1 Å². The number of rotatable bonds is 11. The van der Waals surface area contributed by atoms with Gasteiger partial charge in [-0.1, -0.05) is 116 Å². The molecule has 0 aliphatic rings. The number of nitrogen functional groups attached to an aromatic ring is 1. The summed E-state index contributed by atoms with van der Waals surface area (Å²) in [4.78, 5) is 11.8. The molecule has 0 spiro atoms. The van der Waals surface area contributed by atoms with E-state index in [-0.39, 0.29) is 0 Å². The molecule has 0 fully saturated rings. The van der Waals surface area contributed by atoms with Crippen molar-refractivity contribution in [1.82, 2.24) is 0 Å². The molecule has 0 atom stereocenters. The summed E-state index contributed by atoms with van der Waals surface area (Å²) in [6.45, 7) is 12.9. The lowest BCUT2D eigenvalue weighted by atomic mass is 9.87. The van der Waals surface area contributed by atoms with Crippen molar-refractivity contribution >= 4 is 56.2 Å². The molecule has 0 aliphatic heterocycles. The molecule has 0 heterocycles. The maximum Gasteiger partial charge on any atom is 0.0648 e. The van der Waals surface area contributed by atoms with Crippen LogP contribution in [0.15, 0.2) is 175 Å². The number of allylic oxidation sites excluding steroid dienone is 4. The molecule has 6 aromatic rings. The predicted octanol–water partition coefficient (Wildman–Crippen LogP) is 11.7. The van der Waals surface area contributed by atoms with Crippen molar-refractivity contribution in [2.24, 2.45) is 9.98 Å². The summed E-state index contributed by atoms with van der Waals surface area (Å²) in [5, 5.41) is 4.30. The smallest absolute Gasteiger partial charge is 0.0648 e. The number of fused-ring (bicyclic) bond motifs is 2. The lowest BCUT2D eigenvalue weighted by Gasteiger charge is -2.27. The lowest BCUT2D eigenvalue weighted by Crippen LogP contribution is -2.17. The van der Waals surface area contributed by atoms with Gasteiger partial charge < -0.3 is 10.6 Å². The lowest BCUT2D eigenvalue weighted by molar-refractivity contribution is 0.977. The molecule has 240 valence electrons. The first kappa shape index (κ1) is 32.7. The molecular formula is C45H40N4. The fourth-order valence-electron chi connectivity index (χ4n) is 6.29. The van der Waals surface area contributed by atoms with Crippen LogP contribution in [0.25, 0.3) is 38.4 Å². The Kier molecular flexibility index (Phi) is 10.1. The zero-order valence-corrected chi connectivity index (χ0v) is 28.1. The van der Waals surface area contributed by atoms with E-state index in [0.29, 0.717) is 17.9 Å². The average Bonchev–Trinajstić information content (AvgIpc) is 3.13. The molecule has 6 rings (SSSR count). The summed E-state index contributed by atoms with van der Waals surface area (Å²) in [5.41, 5.74) is 16.6. The van der Waals surface area contributed by atoms with Gasteiger partial charge >= 0.3 is 0 Å². The number of para-hydroxylation sites is 1. The van der Waals surface area contributed by atoms with Gasteiger partial charge in [0.05, 0.1) is 17.1 Å². The second kappa shape index (κ2) is 15.1. The van der Waals surface area contributed by atoms with Crippen LogP contribution in [-0.2, 0) is 6.54 Å². The summed E-state index contributed by atoms with van der Waals surface area (Å²) in [6.07, 6.45) is 11.0. The Morgan fingerprint density at radius 1 is 0.735 bits per heavy atom. The first-order valence-electron chi connectivity index (χ1n) is 16.4. The van der Waals surface area contributed by atoms with Gasteiger partial charge in [0.15, 0.2) is 0 Å². The van der Waals surface area contributed by atoms with Crippen LogP contribution in [-0.4, -0.2) is 11.9 Å². The maximum atomic E-state index is 6.90. The van der Waals surface area contributed by atoms with Crippen LogP contribution in [0.4, 0.5) is 17.1 Å². The summed E-state index contributed by atoms with van der Waals surface area (Å²) >= 11 is 0. The number of hydrogen-bond donors (Lipinski definition) is 1. The van der Waals surface area contributed by atoms with Crippen LogP contribution in [0.2, 0.25) is 0 Å². The summed E-state index contributed by atoms with van der Waals surface area (Å²) in [7, 11) is 0. The molecule has 0 amide bonds. The highest BCUT2D eigenvalue weighted by molar-refractivity contribution is 6.24. The van der Waals surface area contributed by atoms with Gasteiger partial charge in [-0.15, -0.1) is 0 Å². The number of aliphatic imine (C=N–C) groups is 2. The van der Waals surface area contributed by atoms with Crippen LogP contribution >= 0.6 is 0 Å². The first-order valence-corrected chi connectivity index (χ1v) is 16.4. The van der Waals surface area contributed by atoms with Crippen molar-refractivity contribution in [1.29, 1.82) is 0 Å². The number of anilines is 3. The quantitative estimate of drug-likeness (QED) is 0.0666. The normalized spacial score (nSPS) is 12.1. The molecule has 49 heavy (non-hydrogen) atoms. The van der Waals surface area contributed by atoms with E-state index < -0.39 is 0 Å². The predicted molar refractivity (Wildman–Crippen MR) is 214 cm³/mol. The van der Waals surface area contributed by atoms with Gasteiger partial charge in [0.1, 0.15) is 0 Å². The maximum absolute atomic E-state index is 6.90. The van der Waals surface area contributed by atoms with Gasteiger partial charge in [-0.2, -0.15) is 0 Å². The molecule has 0 aliphatic carbocycles. The van der Waals surface area contributed by atoms with Gasteiger partial charge in [0.2, 0.25) is 0 Å². The van der Waals surface area contributed by atoms with E-state index in [1.807, 2.05) is 37.3 Å². The zero-order valence-electron chi connectivity index (χ0n) is 28.1. The molecule has 0 bridgehead atoms. The first-order chi connectivity index (χ1) is 24.0. The van der Waals surface area contributed by atoms with Crippen molar-refractivity contribution in [2.45, 2.75) is 20.4 Å². The molecule has 4 nitrogen and oxygen atoms in total. The number of nitrogens with two attached hydrogens (primary N) is 1. The van der Waals surface area contributed by atoms with Crippen LogP contribution in [0.3, 0.4) is 0 Å². The molecule has 0 unspecified atom stereocenters. The van der Waals surface area contributed by atoms with Crippen LogP contribution < -0.4 is 10.6 Å². The SMILES string of the molecule is C=C/C=C\N=C(C)c1c2ccccc2c(C(=C)N=C/C=C\C)c2ccc(-c3ccc(N(Cc4ccccc4)c4ccccc4)c(N)c3)cc12. The molecular weight excluding hydrogens is 597 g/mol. The van der Waals surface area contributed by atoms with Gasteiger partial charge in [-0.3, -0.25) is 9.98 Å². The van der Waals surface area contributed by atoms with E-state index in [1.54, 1.807) is 18.5 Å². The molecule has 0 radical (unpaired) electrons. The van der Waals surface area contributed by atoms with E-state index in [1.165, 1.54) is 5.56 Å². The fourth-order valence-corrected chi connectivity index (χ4v) is 6.29. The molecule has 0 saturated carbocycles. The van der Waals surface area contributed by atoms with E-state index in [2.05, 4.69) is 134 Å². The van der Waals surface area contributed by atoms with Crippen LogP contribution in [0.1, 0.15) is 30.5 Å². The van der Waals surface area contributed by atoms with E-state index in [0.717, 1.165) is 60.9 Å². The highest BCUT2D eigenvalue weighted by atomic mass is 15.1. The van der Waals surface area contributed by atoms with E-state index >= 15 is 0 Å². The van der Waals surface area contributed by atoms with Gasteiger partial charge in [0, 0.05) is 41.5 Å². The zero-order chi connectivity index (χ0) is 34.2. The minimum atomic E-state index is 0.697. The largest absolute Gasteiger partial charge is 0.397 e. The number of hydrogen-bond acceptors (Lipinski definition) is 4. The van der Waals surface area contributed by atoms with Gasteiger partial charge in [-0.05, 0) is 94.6 Å². The van der Waals surface area contributed by atoms with Crippen LogP contribution in [0.5, 0.6) is 0 Å². The van der Waals surface area contributed by atoms with Crippen molar-refractivity contribution in [2.75, 3.05) is 10.6 Å². The third-order valence-electron chi connectivity index (χ3n) is 8.58. The second-order valence-electron chi connectivity index (χ2n) is 11.8. The van der Waals surface area contributed by atoms with Crippen LogP contribution in [0, 0.1) is 0 Å². The second-order valence-corrected chi connectivity index (χ2v) is 11.8. The molecule has 2 N–H and O–H groups in total. The third kappa shape index (κ3) is 7.04. The van der Waals surface area contributed by atoms with E-state index in [9.17, 15) is 0 Å². The summed E-state index contributed by atoms with van der Waals surface area (Å²) in [5.74, 6) is 0. The Morgan fingerprint density at radius 2 is 1.37 bits per heavy atom. The fraction of sp³-hybridized carbons (Fsp3) is 0.0667. The number of benzene rings is 6. The average molecular weight is 637 g/mol. The summed E-state index contributed by atoms with van der Waals surface area (Å²) in [6, 6.07) is 42.2. The molecule has 0 aromatic heterocycles. The van der Waals surface area contributed by atoms with Crippen molar-refractivity contribution < 1.29 is 0 Å². The van der Waals surface area contributed by atoms with Gasteiger partial charge in [-0.25, -0.2) is 0 Å². The van der Waals surface area contributed by atoms with Crippen molar-refractivity contribution in [3.05, 3.63) is 182 Å². The Balaban J connectivity index is 1.53. The minimum absolute atomic E-state index is 0.697. The minimum Gasteiger partial charge on any atom is -0.397 e. The van der Waals surface area contributed by atoms with Gasteiger partial charge in [0.25, 0.3) is 0 Å². The Labute approximate surface area is 289 Å². The Hall–Kier alpha value is -6.26. The number of nitrogens with zero attached hydrogens (tertiary/aromatic N) is 3. The monoisotopic (exact) mass is 636 g/mol. The highest BCUT2D eigenvalue weighted by Crippen LogP contribution is 2.40.